The third-order valence-corrected chi connectivity index (χ3v) is 8.07. The van der Waals surface area contributed by atoms with Crippen molar-refractivity contribution in [2.24, 2.45) is 0 Å². The molecule has 1 N–H and O–H groups in total. The standard InChI is InChI=1S/C31H44N6O5/c1-21-8-6-7-17-40-20-26(35-13-15-36(16-14-35)29(38)42-31(3,4)5)24-11-9-23(10-12-24)22(2)33-28-32-18-25-19-41-30(39)37(21)27(25)34-28/h9-12,18,21-22,26H,6-8,13-17,19-20H2,1-5H3,(H,32,33,34)/t21-,22-,26?/m0/s1. The van der Waals surface area contributed by atoms with E-state index in [4.69, 9.17) is 19.2 Å². The van der Waals surface area contributed by atoms with Gasteiger partial charge in [0.2, 0.25) is 5.95 Å². The van der Waals surface area contributed by atoms with Gasteiger partial charge in [0.25, 0.3) is 0 Å². The second-order valence-electron chi connectivity index (χ2n) is 12.4. The first-order valence-corrected chi connectivity index (χ1v) is 15.1. The van der Waals surface area contributed by atoms with Crippen molar-refractivity contribution >= 4 is 24.0 Å². The summed E-state index contributed by atoms with van der Waals surface area (Å²) in [7, 11) is 0. The Bertz CT molecular complexity index is 1240. The molecule has 1 unspecified atom stereocenters. The highest BCUT2D eigenvalue weighted by atomic mass is 16.6. The van der Waals surface area contributed by atoms with Gasteiger partial charge in [-0.25, -0.2) is 14.6 Å². The lowest BCUT2D eigenvalue weighted by atomic mass is 10.0. The van der Waals surface area contributed by atoms with Crippen molar-refractivity contribution in [3.63, 3.8) is 0 Å². The lowest BCUT2D eigenvalue weighted by molar-refractivity contribution is 0.000153. The van der Waals surface area contributed by atoms with Gasteiger partial charge in [-0.05, 0) is 65.0 Å². The number of hydrogen-bond acceptors (Lipinski definition) is 9. The number of hydrogen-bond donors (Lipinski definition) is 1. The molecule has 2 amide bonds. The molecule has 2 aromatic rings. The largest absolute Gasteiger partial charge is 0.444 e. The quantitative estimate of drug-likeness (QED) is 0.481. The summed E-state index contributed by atoms with van der Waals surface area (Å²) in [6.07, 6.45) is 3.70. The number of carbonyl (C=O) groups excluding carboxylic acids is 2. The van der Waals surface area contributed by atoms with Gasteiger partial charge in [0.1, 0.15) is 18.0 Å². The van der Waals surface area contributed by atoms with Crippen LogP contribution in [0, 0.1) is 0 Å². The van der Waals surface area contributed by atoms with E-state index in [0.717, 1.165) is 43.5 Å². The zero-order valence-corrected chi connectivity index (χ0v) is 25.5. The minimum atomic E-state index is -0.510. The molecular formula is C31H44N6O5. The van der Waals surface area contributed by atoms with Crippen molar-refractivity contribution in [2.45, 2.75) is 84.2 Å². The van der Waals surface area contributed by atoms with Gasteiger partial charge in [-0.1, -0.05) is 24.3 Å². The monoisotopic (exact) mass is 580 g/mol. The third-order valence-electron chi connectivity index (χ3n) is 8.07. The Morgan fingerprint density at radius 2 is 1.76 bits per heavy atom. The van der Waals surface area contributed by atoms with E-state index in [1.165, 1.54) is 5.56 Å². The molecule has 3 atom stereocenters. The van der Waals surface area contributed by atoms with Crippen molar-refractivity contribution in [3.05, 3.63) is 47.2 Å². The summed E-state index contributed by atoms with van der Waals surface area (Å²) in [4.78, 5) is 40.5. The first-order chi connectivity index (χ1) is 20.1. The molecule has 0 aliphatic carbocycles. The number of nitrogens with one attached hydrogen (secondary N) is 1. The second-order valence-corrected chi connectivity index (χ2v) is 12.4. The molecule has 4 bridgehead atoms. The van der Waals surface area contributed by atoms with Crippen molar-refractivity contribution in [1.29, 1.82) is 0 Å². The average molecular weight is 581 g/mol. The van der Waals surface area contributed by atoms with Crippen molar-refractivity contribution in [1.82, 2.24) is 19.8 Å². The highest BCUT2D eigenvalue weighted by molar-refractivity contribution is 5.89. The Balaban J connectivity index is 1.33. The fraction of sp³-hybridized carbons (Fsp3) is 0.613. The van der Waals surface area contributed by atoms with Gasteiger partial charge in [-0.2, -0.15) is 4.98 Å². The van der Waals surface area contributed by atoms with Crippen molar-refractivity contribution in [3.8, 4) is 0 Å². The van der Waals surface area contributed by atoms with Crippen LogP contribution >= 0.6 is 0 Å². The van der Waals surface area contributed by atoms with E-state index in [0.29, 0.717) is 38.1 Å². The average Bonchev–Trinajstić information content (AvgIpc) is 2.95. The molecule has 5 heterocycles. The number of benzene rings is 1. The maximum atomic E-state index is 12.8. The van der Waals surface area contributed by atoms with Gasteiger partial charge in [0.05, 0.1) is 24.3 Å². The van der Waals surface area contributed by atoms with Crippen LogP contribution < -0.4 is 10.2 Å². The summed E-state index contributed by atoms with van der Waals surface area (Å²) in [5.41, 5.74) is 2.58. The molecule has 0 spiro atoms. The normalized spacial score (nSPS) is 24.3. The van der Waals surface area contributed by atoms with Crippen LogP contribution in [0.15, 0.2) is 30.5 Å². The molecule has 4 aliphatic heterocycles. The highest BCUT2D eigenvalue weighted by Crippen LogP contribution is 2.31. The van der Waals surface area contributed by atoms with Crippen LogP contribution in [-0.4, -0.2) is 83.0 Å². The molecule has 0 radical (unpaired) electrons. The predicted octanol–water partition coefficient (Wildman–Crippen LogP) is 5.29. The molecule has 42 heavy (non-hydrogen) atoms. The van der Waals surface area contributed by atoms with Gasteiger partial charge >= 0.3 is 12.2 Å². The number of nitrogens with zero attached hydrogens (tertiary/aromatic N) is 5. The summed E-state index contributed by atoms with van der Waals surface area (Å²) < 4.78 is 17.3. The number of fused-ring (bicyclic) bond motifs is 10. The fourth-order valence-corrected chi connectivity index (χ4v) is 5.67. The van der Waals surface area contributed by atoms with Crippen LogP contribution in [0.1, 0.15) is 82.7 Å². The van der Waals surface area contributed by atoms with Gasteiger partial charge in [0, 0.05) is 45.0 Å². The topological polar surface area (TPSA) is 109 Å². The van der Waals surface area contributed by atoms with E-state index in [-0.39, 0.29) is 36.9 Å². The number of cyclic esters (lactones) is 1. The molecular weight excluding hydrogens is 536 g/mol. The molecule has 0 saturated carbocycles. The number of ether oxygens (including phenoxy) is 3. The zero-order chi connectivity index (χ0) is 29.9. The zero-order valence-electron chi connectivity index (χ0n) is 25.5. The Morgan fingerprint density at radius 3 is 2.48 bits per heavy atom. The summed E-state index contributed by atoms with van der Waals surface area (Å²) in [6, 6.07) is 8.54. The van der Waals surface area contributed by atoms with Crippen molar-refractivity contribution < 1.29 is 23.8 Å². The third kappa shape index (κ3) is 7.12. The fourth-order valence-electron chi connectivity index (χ4n) is 5.67. The molecule has 11 nitrogen and oxygen atoms in total. The first kappa shape index (κ1) is 30.0. The summed E-state index contributed by atoms with van der Waals surface area (Å²) in [5, 5.41) is 3.41. The van der Waals surface area contributed by atoms with E-state index < -0.39 is 5.60 Å². The number of anilines is 2. The van der Waals surface area contributed by atoms with E-state index >= 15 is 0 Å². The van der Waals surface area contributed by atoms with Crippen LogP contribution in [-0.2, 0) is 20.8 Å². The SMILES string of the molecule is C[C@@H]1Nc2ncc3c(n2)N(C(=O)OC3)[C@@H](C)CCCCOCC(N2CCN(C(=O)OC(C)(C)C)CC2)c2ccc1cc2. The minimum absolute atomic E-state index is 0.0514. The molecule has 1 saturated heterocycles. The summed E-state index contributed by atoms with van der Waals surface area (Å²) >= 11 is 0. The van der Waals surface area contributed by atoms with E-state index in [2.05, 4.69) is 46.4 Å². The molecule has 1 fully saturated rings. The van der Waals surface area contributed by atoms with Gasteiger partial charge in [0.15, 0.2) is 0 Å². The minimum Gasteiger partial charge on any atom is -0.444 e. The summed E-state index contributed by atoms with van der Waals surface area (Å²) in [6.45, 7) is 13.9. The Morgan fingerprint density at radius 1 is 1.05 bits per heavy atom. The van der Waals surface area contributed by atoms with Gasteiger partial charge in [-0.15, -0.1) is 0 Å². The number of piperazine rings is 1. The highest BCUT2D eigenvalue weighted by Gasteiger charge is 2.33. The van der Waals surface area contributed by atoms with Crippen LogP contribution in [0.25, 0.3) is 0 Å². The van der Waals surface area contributed by atoms with Crippen molar-refractivity contribution in [2.75, 3.05) is 49.6 Å². The van der Waals surface area contributed by atoms with Gasteiger partial charge < -0.3 is 24.4 Å². The second kappa shape index (κ2) is 12.8. The number of aromatic nitrogens is 2. The van der Waals surface area contributed by atoms with Crippen LogP contribution in [0.4, 0.5) is 21.4 Å². The molecule has 6 rings (SSSR count). The number of rotatable bonds is 1. The van der Waals surface area contributed by atoms with E-state index in [1.807, 2.05) is 27.7 Å². The summed E-state index contributed by atoms with van der Waals surface area (Å²) in [5.74, 6) is 1.10. The first-order valence-electron chi connectivity index (χ1n) is 15.1. The lowest BCUT2D eigenvalue weighted by Gasteiger charge is -2.39. The molecule has 1 aromatic heterocycles. The smallest absolute Gasteiger partial charge is 0.416 e. The Labute approximate surface area is 248 Å². The van der Waals surface area contributed by atoms with E-state index in [9.17, 15) is 9.59 Å². The van der Waals surface area contributed by atoms with E-state index in [1.54, 1.807) is 16.0 Å². The van der Waals surface area contributed by atoms with Crippen LogP contribution in [0.2, 0.25) is 0 Å². The van der Waals surface area contributed by atoms with Crippen LogP contribution in [0.5, 0.6) is 0 Å². The number of carbonyl (C=O) groups is 2. The molecule has 228 valence electrons. The Kier molecular flexibility index (Phi) is 9.17. The molecule has 11 heteroatoms. The number of amides is 2. The molecule has 1 aromatic carbocycles. The van der Waals surface area contributed by atoms with Gasteiger partial charge in [-0.3, -0.25) is 9.80 Å². The maximum Gasteiger partial charge on any atom is 0.416 e. The lowest BCUT2D eigenvalue weighted by Crippen LogP contribution is -2.51. The van der Waals surface area contributed by atoms with Crippen LogP contribution in [0.3, 0.4) is 0 Å². The maximum absolute atomic E-state index is 12.8. The molecule has 4 aliphatic rings. The Hall–Kier alpha value is -3.44. The predicted molar refractivity (Wildman–Crippen MR) is 159 cm³/mol.